The van der Waals surface area contributed by atoms with Gasteiger partial charge in [-0.2, -0.15) is 0 Å². The Morgan fingerprint density at radius 2 is 2.29 bits per heavy atom. The van der Waals surface area contributed by atoms with E-state index in [9.17, 15) is 19.7 Å². The molecule has 1 amide bonds. The fourth-order valence-electron chi connectivity index (χ4n) is 1.12. The first kappa shape index (κ1) is 12.8. The lowest BCUT2D eigenvalue weighted by molar-refractivity contribution is -0.385. The van der Waals surface area contributed by atoms with Crippen molar-refractivity contribution in [2.24, 2.45) is 0 Å². The number of H-pyrrole nitrogens is 1. The van der Waals surface area contributed by atoms with Crippen LogP contribution in [0.1, 0.15) is 16.8 Å². The first-order valence-corrected chi connectivity index (χ1v) is 4.82. The molecule has 0 saturated carbocycles. The Labute approximate surface area is 95.4 Å². The van der Waals surface area contributed by atoms with Crippen LogP contribution in [0.5, 0.6) is 0 Å². The largest absolute Gasteiger partial charge is 0.396 e. The molecule has 0 unspecified atom stereocenters. The number of rotatable bonds is 5. The number of aliphatic hydroxyl groups is 1. The molecule has 3 N–H and O–H groups in total. The summed E-state index contributed by atoms with van der Waals surface area (Å²) < 4.78 is 0. The minimum absolute atomic E-state index is 0.0917. The Hall–Kier alpha value is -2.22. The molecule has 1 aromatic rings. The number of aromatic amines is 1. The van der Waals surface area contributed by atoms with Crippen molar-refractivity contribution in [3.05, 3.63) is 38.3 Å². The zero-order valence-electron chi connectivity index (χ0n) is 8.80. The number of amides is 1. The SMILES string of the molecule is O=C(NCCCO)c1cc([N+](=O)[O-])c[nH]c1=O. The van der Waals surface area contributed by atoms with Crippen molar-refractivity contribution >= 4 is 11.6 Å². The van der Waals surface area contributed by atoms with Gasteiger partial charge in [0.1, 0.15) is 5.56 Å². The molecule has 0 saturated heterocycles. The number of nitrogens with one attached hydrogen (secondary N) is 2. The van der Waals surface area contributed by atoms with Crippen molar-refractivity contribution in [3.8, 4) is 0 Å². The number of hydrogen-bond acceptors (Lipinski definition) is 5. The number of nitrogens with zero attached hydrogens (tertiary/aromatic N) is 1. The molecule has 1 rings (SSSR count). The second-order valence-electron chi connectivity index (χ2n) is 3.19. The summed E-state index contributed by atoms with van der Waals surface area (Å²) in [5.74, 6) is -0.705. The molecule has 1 aromatic heterocycles. The number of pyridine rings is 1. The van der Waals surface area contributed by atoms with Crippen molar-refractivity contribution < 1.29 is 14.8 Å². The molecule has 0 radical (unpaired) electrons. The lowest BCUT2D eigenvalue weighted by atomic mass is 10.2. The van der Waals surface area contributed by atoms with E-state index in [-0.39, 0.29) is 24.4 Å². The van der Waals surface area contributed by atoms with Crippen LogP contribution in [0.4, 0.5) is 5.69 Å². The molecule has 0 aliphatic heterocycles. The highest BCUT2D eigenvalue weighted by Crippen LogP contribution is 2.07. The van der Waals surface area contributed by atoms with Gasteiger partial charge in [-0.15, -0.1) is 0 Å². The molecule has 0 spiro atoms. The molecule has 17 heavy (non-hydrogen) atoms. The molecule has 1 heterocycles. The third kappa shape index (κ3) is 3.38. The number of aliphatic hydroxyl groups excluding tert-OH is 1. The van der Waals surface area contributed by atoms with E-state index in [1.165, 1.54) is 0 Å². The summed E-state index contributed by atoms with van der Waals surface area (Å²) in [6.45, 7) is 0.100. The molecule has 0 bridgehead atoms. The smallest absolute Gasteiger partial charge is 0.286 e. The predicted molar refractivity (Wildman–Crippen MR) is 57.8 cm³/mol. The van der Waals surface area contributed by atoms with E-state index in [0.29, 0.717) is 6.42 Å². The lowest BCUT2D eigenvalue weighted by Crippen LogP contribution is -2.30. The number of carbonyl (C=O) groups is 1. The molecular formula is C9H11N3O5. The lowest BCUT2D eigenvalue weighted by Gasteiger charge is -2.02. The van der Waals surface area contributed by atoms with Crippen molar-refractivity contribution in [3.63, 3.8) is 0 Å². The maximum absolute atomic E-state index is 11.5. The summed E-state index contributed by atoms with van der Waals surface area (Å²) in [7, 11) is 0. The van der Waals surface area contributed by atoms with Gasteiger partial charge in [0, 0.05) is 19.2 Å². The standard InChI is InChI=1S/C9H11N3O5/c13-3-1-2-10-8(14)7-4-6(12(16)17)5-11-9(7)15/h4-5,13H,1-3H2,(H,10,14)(H,11,15). The highest BCUT2D eigenvalue weighted by molar-refractivity contribution is 5.94. The Morgan fingerprint density at radius 3 is 2.88 bits per heavy atom. The zero-order chi connectivity index (χ0) is 12.8. The summed E-state index contributed by atoms with van der Waals surface area (Å²) in [4.78, 5) is 34.6. The average molecular weight is 241 g/mol. The van der Waals surface area contributed by atoms with Gasteiger partial charge in [-0.25, -0.2) is 0 Å². The van der Waals surface area contributed by atoms with E-state index in [1.807, 2.05) is 0 Å². The molecule has 0 aliphatic rings. The maximum Gasteiger partial charge on any atom is 0.286 e. The molecule has 8 nitrogen and oxygen atoms in total. The molecule has 0 atom stereocenters. The van der Waals surface area contributed by atoms with Crippen LogP contribution in [-0.2, 0) is 0 Å². The normalized spacial score (nSPS) is 9.94. The van der Waals surface area contributed by atoms with Gasteiger partial charge in [0.25, 0.3) is 17.2 Å². The fourth-order valence-corrected chi connectivity index (χ4v) is 1.12. The minimum Gasteiger partial charge on any atom is -0.396 e. The van der Waals surface area contributed by atoms with Gasteiger partial charge >= 0.3 is 0 Å². The van der Waals surface area contributed by atoms with E-state index in [1.54, 1.807) is 0 Å². The number of aromatic nitrogens is 1. The monoisotopic (exact) mass is 241 g/mol. The number of nitro groups is 1. The Bertz CT molecular complexity index is 482. The maximum atomic E-state index is 11.5. The van der Waals surface area contributed by atoms with Crippen molar-refractivity contribution in [1.82, 2.24) is 10.3 Å². The molecule has 92 valence electrons. The molecule has 0 fully saturated rings. The van der Waals surface area contributed by atoms with Crippen molar-refractivity contribution in [2.45, 2.75) is 6.42 Å². The predicted octanol–water partition coefficient (Wildman–Crippen LogP) is -0.605. The summed E-state index contributed by atoms with van der Waals surface area (Å²) >= 11 is 0. The van der Waals surface area contributed by atoms with Crippen LogP contribution in [-0.4, -0.2) is 34.1 Å². The van der Waals surface area contributed by atoms with E-state index >= 15 is 0 Å². The van der Waals surface area contributed by atoms with Crippen LogP contribution in [0, 0.1) is 10.1 Å². The summed E-state index contributed by atoms with van der Waals surface area (Å²) in [5, 5.41) is 21.3. The van der Waals surface area contributed by atoms with Gasteiger partial charge in [-0.3, -0.25) is 19.7 Å². The Morgan fingerprint density at radius 1 is 1.59 bits per heavy atom. The zero-order valence-corrected chi connectivity index (χ0v) is 8.80. The third-order valence-electron chi connectivity index (χ3n) is 1.96. The van der Waals surface area contributed by atoms with Gasteiger partial charge < -0.3 is 15.4 Å². The van der Waals surface area contributed by atoms with Crippen LogP contribution >= 0.6 is 0 Å². The van der Waals surface area contributed by atoms with Crippen LogP contribution in [0.25, 0.3) is 0 Å². The van der Waals surface area contributed by atoms with Gasteiger partial charge in [0.2, 0.25) is 0 Å². The first-order valence-electron chi connectivity index (χ1n) is 4.82. The highest BCUT2D eigenvalue weighted by atomic mass is 16.6. The summed E-state index contributed by atoms with van der Waals surface area (Å²) in [6.07, 6.45) is 1.27. The Kier molecular flexibility index (Phi) is 4.35. The summed E-state index contributed by atoms with van der Waals surface area (Å²) in [5.41, 5.74) is -1.38. The van der Waals surface area contributed by atoms with Crippen LogP contribution in [0.15, 0.2) is 17.1 Å². The second-order valence-corrected chi connectivity index (χ2v) is 3.19. The van der Waals surface area contributed by atoms with Crippen LogP contribution < -0.4 is 10.9 Å². The third-order valence-corrected chi connectivity index (χ3v) is 1.96. The molecule has 8 heteroatoms. The Balaban J connectivity index is 2.88. The fraction of sp³-hybridized carbons (Fsp3) is 0.333. The van der Waals surface area contributed by atoms with E-state index in [0.717, 1.165) is 12.3 Å². The van der Waals surface area contributed by atoms with E-state index in [4.69, 9.17) is 5.11 Å². The molecule has 0 aromatic carbocycles. The highest BCUT2D eigenvalue weighted by Gasteiger charge is 2.15. The van der Waals surface area contributed by atoms with Crippen LogP contribution in [0.2, 0.25) is 0 Å². The average Bonchev–Trinajstić information content (AvgIpc) is 2.29. The van der Waals surface area contributed by atoms with Gasteiger partial charge in [-0.1, -0.05) is 0 Å². The summed E-state index contributed by atoms with van der Waals surface area (Å²) in [6, 6.07) is 0.910. The van der Waals surface area contributed by atoms with Crippen molar-refractivity contribution in [2.75, 3.05) is 13.2 Å². The first-order chi connectivity index (χ1) is 8.06. The van der Waals surface area contributed by atoms with E-state index in [2.05, 4.69) is 10.3 Å². The van der Waals surface area contributed by atoms with Crippen molar-refractivity contribution in [1.29, 1.82) is 0 Å². The number of hydrogen-bond donors (Lipinski definition) is 3. The van der Waals surface area contributed by atoms with Gasteiger partial charge in [-0.05, 0) is 6.42 Å². The molecular weight excluding hydrogens is 230 g/mol. The molecule has 0 aliphatic carbocycles. The van der Waals surface area contributed by atoms with Crippen LogP contribution in [0.3, 0.4) is 0 Å². The minimum atomic E-state index is -0.708. The second kappa shape index (κ2) is 5.75. The van der Waals surface area contributed by atoms with Gasteiger partial charge in [0.05, 0.1) is 11.1 Å². The van der Waals surface area contributed by atoms with E-state index < -0.39 is 16.4 Å². The van der Waals surface area contributed by atoms with Gasteiger partial charge in [0.15, 0.2) is 0 Å². The topological polar surface area (TPSA) is 125 Å². The quantitative estimate of drug-likeness (QED) is 0.360. The number of carbonyl (C=O) groups excluding carboxylic acids is 1.